The van der Waals surface area contributed by atoms with E-state index in [4.69, 9.17) is 10.00 Å². The molecular formula is C21H28N2O3. The van der Waals surface area contributed by atoms with Gasteiger partial charge in [0, 0.05) is 18.5 Å². The first kappa shape index (κ1) is 18.7. The number of rotatable bonds is 2. The maximum absolute atomic E-state index is 12.7. The minimum absolute atomic E-state index is 0.0153. The van der Waals surface area contributed by atoms with Crippen molar-refractivity contribution in [2.24, 2.45) is 0 Å². The molecule has 5 nitrogen and oxygen atoms in total. The Kier molecular flexibility index (Phi) is 4.98. The summed E-state index contributed by atoms with van der Waals surface area (Å²) >= 11 is 0. The van der Waals surface area contributed by atoms with Gasteiger partial charge in [0.15, 0.2) is 0 Å². The van der Waals surface area contributed by atoms with E-state index in [2.05, 4.69) is 6.07 Å². The first-order chi connectivity index (χ1) is 12.2. The van der Waals surface area contributed by atoms with Crippen LogP contribution < -0.4 is 0 Å². The second-order valence-electron chi connectivity index (χ2n) is 8.75. The summed E-state index contributed by atoms with van der Waals surface area (Å²) in [6.07, 6.45) is 4.23. The monoisotopic (exact) mass is 356 g/mol. The molecule has 1 N–H and O–H groups in total. The molecule has 1 amide bonds. The average Bonchev–Trinajstić information content (AvgIpc) is 2.52. The summed E-state index contributed by atoms with van der Waals surface area (Å²) < 4.78 is 5.60. The van der Waals surface area contributed by atoms with Crippen LogP contribution in [-0.2, 0) is 11.2 Å². The number of hydrogen-bond donors (Lipinski definition) is 1. The standard InChI is InChI=1S/C21H28N2O3/c1-20(2,3)26-19(24)23-17-8-5-9-18(23)13-21(25,12-17)11-15-6-4-7-16(10-15)14-22/h4,6-7,10,17-18,25H,5,8-9,11-13H2,1-3H3. The van der Waals surface area contributed by atoms with E-state index in [9.17, 15) is 9.90 Å². The molecule has 2 aliphatic rings. The highest BCUT2D eigenvalue weighted by Crippen LogP contribution is 2.41. The number of piperidine rings is 2. The fraction of sp³-hybridized carbons (Fsp3) is 0.619. The van der Waals surface area contributed by atoms with Crippen molar-refractivity contribution in [2.75, 3.05) is 0 Å². The third-order valence-corrected chi connectivity index (χ3v) is 5.29. The summed E-state index contributed by atoms with van der Waals surface area (Å²) in [4.78, 5) is 14.5. The lowest BCUT2D eigenvalue weighted by Crippen LogP contribution is -2.61. The van der Waals surface area contributed by atoms with Gasteiger partial charge in [-0.1, -0.05) is 12.1 Å². The zero-order valence-electron chi connectivity index (χ0n) is 15.9. The normalized spacial score (nSPS) is 28.3. The third-order valence-electron chi connectivity index (χ3n) is 5.29. The van der Waals surface area contributed by atoms with E-state index in [1.807, 2.05) is 43.9 Å². The summed E-state index contributed by atoms with van der Waals surface area (Å²) in [6, 6.07) is 9.60. The lowest BCUT2D eigenvalue weighted by molar-refractivity contribution is -0.0919. The zero-order valence-corrected chi connectivity index (χ0v) is 15.9. The van der Waals surface area contributed by atoms with E-state index in [0.717, 1.165) is 24.8 Å². The van der Waals surface area contributed by atoms with Crippen LogP contribution in [0.3, 0.4) is 0 Å². The van der Waals surface area contributed by atoms with E-state index in [1.54, 1.807) is 6.07 Å². The van der Waals surface area contributed by atoms with Gasteiger partial charge in [-0.3, -0.25) is 0 Å². The number of nitrogens with zero attached hydrogens (tertiary/aromatic N) is 2. The molecular weight excluding hydrogens is 328 g/mol. The molecule has 1 aromatic carbocycles. The molecule has 2 atom stereocenters. The lowest BCUT2D eigenvalue weighted by atomic mass is 9.73. The quantitative estimate of drug-likeness (QED) is 0.875. The molecule has 3 rings (SSSR count). The second-order valence-corrected chi connectivity index (χ2v) is 8.75. The highest BCUT2D eigenvalue weighted by Gasteiger charge is 2.48. The van der Waals surface area contributed by atoms with Crippen molar-refractivity contribution in [3.63, 3.8) is 0 Å². The number of aliphatic hydroxyl groups is 1. The van der Waals surface area contributed by atoms with Gasteiger partial charge >= 0.3 is 6.09 Å². The summed E-state index contributed by atoms with van der Waals surface area (Å²) in [5, 5.41) is 20.3. The zero-order chi connectivity index (χ0) is 18.9. The van der Waals surface area contributed by atoms with Crippen molar-refractivity contribution in [1.82, 2.24) is 4.90 Å². The van der Waals surface area contributed by atoms with Crippen LogP contribution in [0, 0.1) is 11.3 Å². The number of fused-ring (bicyclic) bond motifs is 2. The molecule has 26 heavy (non-hydrogen) atoms. The Hall–Kier alpha value is -2.06. The van der Waals surface area contributed by atoms with Gasteiger partial charge in [-0.25, -0.2) is 4.79 Å². The van der Waals surface area contributed by atoms with Crippen molar-refractivity contribution in [3.05, 3.63) is 35.4 Å². The van der Waals surface area contributed by atoms with Crippen LogP contribution in [0.25, 0.3) is 0 Å². The molecule has 2 aliphatic heterocycles. The van der Waals surface area contributed by atoms with E-state index < -0.39 is 11.2 Å². The molecule has 2 heterocycles. The number of carbonyl (C=O) groups is 1. The van der Waals surface area contributed by atoms with Crippen molar-refractivity contribution >= 4 is 6.09 Å². The average molecular weight is 356 g/mol. The van der Waals surface area contributed by atoms with Crippen LogP contribution in [0.4, 0.5) is 4.79 Å². The van der Waals surface area contributed by atoms with Gasteiger partial charge in [0.1, 0.15) is 5.60 Å². The van der Waals surface area contributed by atoms with Crippen LogP contribution in [0.2, 0.25) is 0 Å². The first-order valence-electron chi connectivity index (χ1n) is 9.42. The molecule has 0 saturated carbocycles. The van der Waals surface area contributed by atoms with Gasteiger partial charge in [-0.2, -0.15) is 5.26 Å². The third kappa shape index (κ3) is 4.19. The molecule has 5 heteroatoms. The van der Waals surface area contributed by atoms with E-state index in [1.165, 1.54) is 0 Å². The summed E-state index contributed by atoms with van der Waals surface area (Å²) in [5.74, 6) is 0. The van der Waals surface area contributed by atoms with Gasteiger partial charge < -0.3 is 14.7 Å². The van der Waals surface area contributed by atoms with E-state index in [-0.39, 0.29) is 18.2 Å². The minimum atomic E-state index is -0.845. The van der Waals surface area contributed by atoms with Gasteiger partial charge in [0.05, 0.1) is 17.2 Å². The second kappa shape index (κ2) is 6.92. The SMILES string of the molecule is CC(C)(C)OC(=O)N1C2CCCC1CC(O)(Cc1cccc(C#N)c1)C2. The molecule has 0 aromatic heterocycles. The Morgan fingerprint density at radius 1 is 1.35 bits per heavy atom. The number of carbonyl (C=O) groups excluding carboxylic acids is 1. The van der Waals surface area contributed by atoms with Gasteiger partial charge in [-0.15, -0.1) is 0 Å². The van der Waals surface area contributed by atoms with Crippen LogP contribution in [-0.4, -0.2) is 39.4 Å². The Balaban J connectivity index is 1.76. The lowest BCUT2D eigenvalue weighted by Gasteiger charge is -2.51. The maximum atomic E-state index is 12.7. The molecule has 0 spiro atoms. The maximum Gasteiger partial charge on any atom is 0.410 e. The molecule has 2 saturated heterocycles. The van der Waals surface area contributed by atoms with Crippen molar-refractivity contribution in [2.45, 2.75) is 82.6 Å². The van der Waals surface area contributed by atoms with Crippen LogP contribution in [0.15, 0.2) is 24.3 Å². The molecule has 2 fully saturated rings. The van der Waals surface area contributed by atoms with Crippen molar-refractivity contribution < 1.29 is 14.6 Å². The predicted molar refractivity (Wildman–Crippen MR) is 98.5 cm³/mol. The van der Waals surface area contributed by atoms with Crippen LogP contribution in [0.1, 0.15) is 64.0 Å². The number of amides is 1. The highest BCUT2D eigenvalue weighted by atomic mass is 16.6. The number of hydrogen-bond acceptors (Lipinski definition) is 4. The van der Waals surface area contributed by atoms with Crippen molar-refractivity contribution in [3.8, 4) is 6.07 Å². The molecule has 2 unspecified atom stereocenters. The predicted octanol–water partition coefficient (Wildman–Crippen LogP) is 3.78. The number of nitriles is 1. The minimum Gasteiger partial charge on any atom is -0.444 e. The van der Waals surface area contributed by atoms with Gasteiger partial charge in [0.2, 0.25) is 0 Å². The van der Waals surface area contributed by atoms with E-state index in [0.29, 0.717) is 24.8 Å². The molecule has 0 aliphatic carbocycles. The molecule has 0 radical (unpaired) electrons. The topological polar surface area (TPSA) is 73.6 Å². The number of benzene rings is 1. The summed E-state index contributed by atoms with van der Waals surface area (Å²) in [7, 11) is 0. The first-order valence-corrected chi connectivity index (χ1v) is 9.42. The fourth-order valence-corrected chi connectivity index (χ4v) is 4.41. The van der Waals surface area contributed by atoms with Gasteiger partial charge in [-0.05, 0) is 70.6 Å². The Labute approximate surface area is 155 Å². The van der Waals surface area contributed by atoms with E-state index >= 15 is 0 Å². The van der Waals surface area contributed by atoms with Crippen LogP contribution in [0.5, 0.6) is 0 Å². The fourth-order valence-electron chi connectivity index (χ4n) is 4.41. The van der Waals surface area contributed by atoms with Crippen LogP contribution >= 0.6 is 0 Å². The smallest absolute Gasteiger partial charge is 0.410 e. The highest BCUT2D eigenvalue weighted by molar-refractivity contribution is 5.69. The summed E-state index contributed by atoms with van der Waals surface area (Å²) in [5.41, 5.74) is 0.215. The largest absolute Gasteiger partial charge is 0.444 e. The molecule has 140 valence electrons. The molecule has 1 aromatic rings. The Bertz CT molecular complexity index is 703. The summed E-state index contributed by atoms with van der Waals surface area (Å²) in [6.45, 7) is 5.63. The number of ether oxygens (including phenoxy) is 1. The Morgan fingerprint density at radius 2 is 2.00 bits per heavy atom. The van der Waals surface area contributed by atoms with Crippen molar-refractivity contribution in [1.29, 1.82) is 5.26 Å². The van der Waals surface area contributed by atoms with Gasteiger partial charge in [0.25, 0.3) is 0 Å². The Morgan fingerprint density at radius 3 is 2.58 bits per heavy atom. The molecule has 2 bridgehead atoms.